The van der Waals surface area contributed by atoms with Gasteiger partial charge in [0.25, 0.3) is 5.91 Å². The number of H-pyrrole nitrogens is 1. The highest BCUT2D eigenvalue weighted by Crippen LogP contribution is 2.25. The lowest BCUT2D eigenvalue weighted by molar-refractivity contribution is 0.102. The molecule has 0 unspecified atom stereocenters. The molecule has 0 atom stereocenters. The molecule has 2 N–H and O–H groups in total. The number of nitrogens with zero attached hydrogens (tertiary/aromatic N) is 2. The van der Waals surface area contributed by atoms with E-state index < -0.39 is 0 Å². The number of hydrogen-bond donors (Lipinski definition) is 2. The largest absolute Gasteiger partial charge is 0.372 e. The van der Waals surface area contributed by atoms with Crippen molar-refractivity contribution in [3.05, 3.63) is 41.7 Å². The van der Waals surface area contributed by atoms with Crippen LogP contribution in [0.5, 0.6) is 0 Å². The maximum absolute atomic E-state index is 12.0. The molecular weight excluding hydrogens is 252 g/mol. The molecule has 2 heterocycles. The lowest BCUT2D eigenvalue weighted by Gasteiger charge is -2.19. The van der Waals surface area contributed by atoms with Crippen molar-refractivity contribution in [2.45, 2.75) is 19.8 Å². The molecule has 1 aromatic heterocycles. The number of rotatable bonds is 3. The zero-order valence-corrected chi connectivity index (χ0v) is 11.5. The Morgan fingerprint density at radius 3 is 2.80 bits per heavy atom. The zero-order chi connectivity index (χ0) is 13.9. The molecule has 1 saturated heterocycles. The summed E-state index contributed by atoms with van der Waals surface area (Å²) < 4.78 is 0. The number of amides is 1. The standard InChI is InChI=1S/C15H18N4O/c1-11-8-13(19-6-2-3-7-19)4-5-14(11)18-15(20)12-9-16-17-10-12/h4-5,8-10H,2-3,6-7H2,1H3,(H,16,17)(H,18,20). The first kappa shape index (κ1) is 12.7. The summed E-state index contributed by atoms with van der Waals surface area (Å²) in [5.41, 5.74) is 3.69. The second-order valence-electron chi connectivity index (χ2n) is 5.13. The summed E-state index contributed by atoms with van der Waals surface area (Å²) in [7, 11) is 0. The molecule has 0 saturated carbocycles. The van der Waals surface area contributed by atoms with Gasteiger partial charge in [-0.15, -0.1) is 0 Å². The Hall–Kier alpha value is -2.30. The number of aromatic nitrogens is 2. The van der Waals surface area contributed by atoms with Crippen LogP contribution in [-0.4, -0.2) is 29.2 Å². The molecule has 0 aliphatic carbocycles. The molecule has 0 radical (unpaired) electrons. The van der Waals surface area contributed by atoms with Gasteiger partial charge in [0.2, 0.25) is 0 Å². The normalized spacial score (nSPS) is 14.6. The SMILES string of the molecule is Cc1cc(N2CCCC2)ccc1NC(=O)c1cn[nH]c1. The van der Waals surface area contributed by atoms with Crippen molar-refractivity contribution in [2.24, 2.45) is 0 Å². The Balaban J connectivity index is 1.75. The van der Waals surface area contributed by atoms with Gasteiger partial charge >= 0.3 is 0 Å². The summed E-state index contributed by atoms with van der Waals surface area (Å²) in [5, 5.41) is 9.33. The second-order valence-corrected chi connectivity index (χ2v) is 5.13. The van der Waals surface area contributed by atoms with Crippen LogP contribution in [0.15, 0.2) is 30.6 Å². The monoisotopic (exact) mass is 270 g/mol. The number of hydrogen-bond acceptors (Lipinski definition) is 3. The molecule has 2 aromatic rings. The molecule has 5 heteroatoms. The van der Waals surface area contributed by atoms with E-state index in [1.54, 1.807) is 6.20 Å². The van der Waals surface area contributed by atoms with E-state index in [0.717, 1.165) is 24.3 Å². The number of benzene rings is 1. The predicted molar refractivity (Wildman–Crippen MR) is 79.2 cm³/mol. The van der Waals surface area contributed by atoms with Crippen molar-refractivity contribution in [3.8, 4) is 0 Å². The average molecular weight is 270 g/mol. The van der Waals surface area contributed by atoms with Crippen LogP contribution in [-0.2, 0) is 0 Å². The second kappa shape index (κ2) is 5.36. The highest BCUT2D eigenvalue weighted by Gasteiger charge is 2.14. The minimum Gasteiger partial charge on any atom is -0.372 e. The third-order valence-electron chi connectivity index (χ3n) is 3.69. The average Bonchev–Trinajstić information content (AvgIpc) is 3.14. The van der Waals surface area contributed by atoms with Crippen molar-refractivity contribution in [3.63, 3.8) is 0 Å². The maximum atomic E-state index is 12.0. The summed E-state index contributed by atoms with van der Waals surface area (Å²) in [6.07, 6.45) is 5.63. The Labute approximate surface area is 118 Å². The number of nitrogens with one attached hydrogen (secondary N) is 2. The smallest absolute Gasteiger partial charge is 0.258 e. The van der Waals surface area contributed by atoms with Crippen molar-refractivity contribution in [1.82, 2.24) is 10.2 Å². The van der Waals surface area contributed by atoms with Crippen LogP contribution < -0.4 is 10.2 Å². The first-order valence-electron chi connectivity index (χ1n) is 6.90. The Morgan fingerprint density at radius 2 is 2.15 bits per heavy atom. The fourth-order valence-electron chi connectivity index (χ4n) is 2.53. The lowest BCUT2D eigenvalue weighted by atomic mass is 10.1. The predicted octanol–water partition coefficient (Wildman–Crippen LogP) is 2.57. The van der Waals surface area contributed by atoms with Crippen LogP contribution in [0.2, 0.25) is 0 Å². The molecule has 1 amide bonds. The van der Waals surface area contributed by atoms with E-state index in [0.29, 0.717) is 5.56 Å². The highest BCUT2D eigenvalue weighted by molar-refractivity contribution is 6.04. The van der Waals surface area contributed by atoms with Crippen LogP contribution in [0.4, 0.5) is 11.4 Å². The van der Waals surface area contributed by atoms with Gasteiger partial charge in [0.15, 0.2) is 0 Å². The Morgan fingerprint density at radius 1 is 1.35 bits per heavy atom. The fourth-order valence-corrected chi connectivity index (χ4v) is 2.53. The van der Waals surface area contributed by atoms with Gasteiger partial charge in [0.05, 0.1) is 11.8 Å². The van der Waals surface area contributed by atoms with E-state index in [1.807, 2.05) is 13.0 Å². The van der Waals surface area contributed by atoms with Gasteiger partial charge in [-0.1, -0.05) is 0 Å². The highest BCUT2D eigenvalue weighted by atomic mass is 16.1. The molecule has 0 spiro atoms. The molecule has 1 aliphatic heterocycles. The van der Waals surface area contributed by atoms with Crippen LogP contribution in [0, 0.1) is 6.92 Å². The number of aromatic amines is 1. The zero-order valence-electron chi connectivity index (χ0n) is 11.5. The van der Waals surface area contributed by atoms with Gasteiger partial charge in [0, 0.05) is 30.7 Å². The number of aryl methyl sites for hydroxylation is 1. The molecule has 20 heavy (non-hydrogen) atoms. The van der Waals surface area contributed by atoms with E-state index in [-0.39, 0.29) is 5.91 Å². The first-order valence-corrected chi connectivity index (χ1v) is 6.90. The van der Waals surface area contributed by atoms with E-state index in [9.17, 15) is 4.79 Å². The van der Waals surface area contributed by atoms with Crippen LogP contribution in [0.1, 0.15) is 28.8 Å². The third kappa shape index (κ3) is 2.52. The topological polar surface area (TPSA) is 61.0 Å². The van der Waals surface area contributed by atoms with Gasteiger partial charge in [-0.05, 0) is 43.5 Å². The van der Waals surface area contributed by atoms with Crippen LogP contribution >= 0.6 is 0 Å². The minimum atomic E-state index is -0.143. The summed E-state index contributed by atoms with van der Waals surface area (Å²) in [4.78, 5) is 14.4. The van der Waals surface area contributed by atoms with Gasteiger partial charge in [-0.3, -0.25) is 9.89 Å². The molecule has 5 nitrogen and oxygen atoms in total. The Kier molecular flexibility index (Phi) is 3.41. The van der Waals surface area contributed by atoms with E-state index in [4.69, 9.17) is 0 Å². The molecule has 1 fully saturated rings. The van der Waals surface area contributed by atoms with Gasteiger partial charge < -0.3 is 10.2 Å². The van der Waals surface area contributed by atoms with Crippen LogP contribution in [0.25, 0.3) is 0 Å². The molecule has 1 aromatic carbocycles. The minimum absolute atomic E-state index is 0.143. The van der Waals surface area contributed by atoms with Crippen molar-refractivity contribution in [2.75, 3.05) is 23.3 Å². The lowest BCUT2D eigenvalue weighted by Crippen LogP contribution is -2.18. The molecule has 3 rings (SSSR count). The summed E-state index contributed by atoms with van der Waals surface area (Å²) in [5.74, 6) is -0.143. The van der Waals surface area contributed by atoms with Gasteiger partial charge in [-0.25, -0.2) is 0 Å². The summed E-state index contributed by atoms with van der Waals surface area (Å²) in [6.45, 7) is 4.27. The molecule has 1 aliphatic rings. The van der Waals surface area contributed by atoms with Crippen molar-refractivity contribution in [1.29, 1.82) is 0 Å². The van der Waals surface area contributed by atoms with Crippen molar-refractivity contribution >= 4 is 17.3 Å². The van der Waals surface area contributed by atoms with E-state index in [2.05, 4.69) is 32.5 Å². The van der Waals surface area contributed by atoms with E-state index in [1.165, 1.54) is 24.7 Å². The Bertz CT molecular complexity index is 600. The third-order valence-corrected chi connectivity index (χ3v) is 3.69. The molecular formula is C15H18N4O. The number of carbonyl (C=O) groups is 1. The quantitative estimate of drug-likeness (QED) is 0.901. The molecule has 104 valence electrons. The van der Waals surface area contributed by atoms with Crippen LogP contribution in [0.3, 0.4) is 0 Å². The van der Waals surface area contributed by atoms with Gasteiger partial charge in [0.1, 0.15) is 0 Å². The number of anilines is 2. The van der Waals surface area contributed by atoms with Gasteiger partial charge in [-0.2, -0.15) is 5.10 Å². The first-order chi connectivity index (χ1) is 9.74. The maximum Gasteiger partial charge on any atom is 0.258 e. The molecule has 0 bridgehead atoms. The van der Waals surface area contributed by atoms with E-state index >= 15 is 0 Å². The fraction of sp³-hybridized carbons (Fsp3) is 0.333. The summed E-state index contributed by atoms with van der Waals surface area (Å²) in [6, 6.07) is 6.18. The van der Waals surface area contributed by atoms with Crippen molar-refractivity contribution < 1.29 is 4.79 Å². The summed E-state index contributed by atoms with van der Waals surface area (Å²) >= 11 is 0. The number of carbonyl (C=O) groups excluding carboxylic acids is 1.